The molecule has 0 aromatic carbocycles. The molecule has 0 radical (unpaired) electrons. The third-order valence-corrected chi connectivity index (χ3v) is 2.74. The van der Waals surface area contributed by atoms with Crippen LogP contribution < -0.4 is 5.32 Å². The standard InChI is InChI=1S/C12H14N8/c1-8-7-9(2)20(18-8)12-16-10(13-3)15-11(17-12)19-6-4-5-14-19/h4-7H,1-3H3,(H,13,15,16,17). The molecule has 3 aromatic heterocycles. The van der Waals surface area contributed by atoms with E-state index in [0.717, 1.165) is 11.4 Å². The van der Waals surface area contributed by atoms with Crippen molar-refractivity contribution in [2.24, 2.45) is 0 Å². The molecule has 0 unspecified atom stereocenters. The molecule has 20 heavy (non-hydrogen) atoms. The minimum Gasteiger partial charge on any atom is -0.357 e. The van der Waals surface area contributed by atoms with Crippen LogP contribution in [0.1, 0.15) is 11.4 Å². The second-order valence-electron chi connectivity index (χ2n) is 4.30. The zero-order chi connectivity index (χ0) is 14.1. The van der Waals surface area contributed by atoms with Gasteiger partial charge >= 0.3 is 0 Å². The summed E-state index contributed by atoms with van der Waals surface area (Å²) in [4.78, 5) is 13.0. The van der Waals surface area contributed by atoms with E-state index < -0.39 is 0 Å². The molecule has 0 aliphatic carbocycles. The van der Waals surface area contributed by atoms with Crippen LogP contribution in [0.4, 0.5) is 5.95 Å². The first-order valence-corrected chi connectivity index (χ1v) is 6.15. The number of rotatable bonds is 3. The highest BCUT2D eigenvalue weighted by molar-refractivity contribution is 5.32. The molecular weight excluding hydrogens is 256 g/mol. The van der Waals surface area contributed by atoms with E-state index in [2.05, 4.69) is 30.5 Å². The van der Waals surface area contributed by atoms with Crippen LogP contribution in [0.5, 0.6) is 0 Å². The van der Waals surface area contributed by atoms with Crippen LogP contribution in [0.3, 0.4) is 0 Å². The highest BCUT2D eigenvalue weighted by Crippen LogP contribution is 2.11. The average Bonchev–Trinajstić information content (AvgIpc) is 3.08. The Labute approximate surface area is 115 Å². The van der Waals surface area contributed by atoms with Gasteiger partial charge in [0.2, 0.25) is 5.95 Å². The first-order chi connectivity index (χ1) is 9.67. The third-order valence-electron chi connectivity index (χ3n) is 2.74. The summed E-state index contributed by atoms with van der Waals surface area (Å²) in [6.45, 7) is 3.88. The van der Waals surface area contributed by atoms with Gasteiger partial charge in [0, 0.05) is 25.1 Å². The van der Waals surface area contributed by atoms with Crippen LogP contribution in [0.25, 0.3) is 11.9 Å². The molecule has 0 aliphatic rings. The lowest BCUT2D eigenvalue weighted by molar-refractivity contribution is 0.731. The Hall–Kier alpha value is -2.77. The lowest BCUT2D eigenvalue weighted by Gasteiger charge is -2.07. The monoisotopic (exact) mass is 270 g/mol. The predicted octanol–water partition coefficient (Wildman–Crippen LogP) is 0.902. The Balaban J connectivity index is 2.16. The summed E-state index contributed by atoms with van der Waals surface area (Å²) in [6, 6.07) is 3.78. The highest BCUT2D eigenvalue weighted by atomic mass is 15.4. The average molecular weight is 270 g/mol. The highest BCUT2D eigenvalue weighted by Gasteiger charge is 2.12. The minimum atomic E-state index is 0.442. The van der Waals surface area contributed by atoms with Crippen molar-refractivity contribution in [1.82, 2.24) is 34.5 Å². The van der Waals surface area contributed by atoms with Gasteiger partial charge in [-0.25, -0.2) is 9.36 Å². The summed E-state index contributed by atoms with van der Waals surface area (Å²) < 4.78 is 3.27. The summed E-state index contributed by atoms with van der Waals surface area (Å²) in [6.07, 6.45) is 3.45. The maximum atomic E-state index is 4.41. The molecule has 0 spiro atoms. The van der Waals surface area contributed by atoms with E-state index in [1.807, 2.05) is 26.0 Å². The Morgan fingerprint density at radius 1 is 1.10 bits per heavy atom. The van der Waals surface area contributed by atoms with Gasteiger partial charge in [-0.3, -0.25) is 0 Å². The molecule has 3 heterocycles. The van der Waals surface area contributed by atoms with Crippen LogP contribution in [0, 0.1) is 13.8 Å². The number of nitrogens with one attached hydrogen (secondary N) is 1. The molecule has 8 heteroatoms. The van der Waals surface area contributed by atoms with Crippen LogP contribution in [-0.2, 0) is 0 Å². The van der Waals surface area contributed by atoms with Crippen molar-refractivity contribution in [1.29, 1.82) is 0 Å². The fourth-order valence-corrected chi connectivity index (χ4v) is 1.88. The van der Waals surface area contributed by atoms with Gasteiger partial charge < -0.3 is 5.32 Å². The molecule has 0 amide bonds. The molecule has 102 valence electrons. The van der Waals surface area contributed by atoms with Gasteiger partial charge in [0.25, 0.3) is 11.9 Å². The van der Waals surface area contributed by atoms with E-state index in [1.54, 1.807) is 28.8 Å². The molecule has 0 saturated carbocycles. The predicted molar refractivity (Wildman–Crippen MR) is 73.1 cm³/mol. The van der Waals surface area contributed by atoms with E-state index in [9.17, 15) is 0 Å². The normalized spacial score (nSPS) is 10.8. The van der Waals surface area contributed by atoms with Gasteiger partial charge in [-0.2, -0.15) is 25.1 Å². The zero-order valence-electron chi connectivity index (χ0n) is 11.4. The molecule has 0 saturated heterocycles. The number of hydrogen-bond acceptors (Lipinski definition) is 6. The summed E-state index contributed by atoms with van der Waals surface area (Å²) >= 11 is 0. The topological polar surface area (TPSA) is 86.3 Å². The number of hydrogen-bond donors (Lipinski definition) is 1. The quantitative estimate of drug-likeness (QED) is 0.761. The largest absolute Gasteiger partial charge is 0.357 e. The smallest absolute Gasteiger partial charge is 0.257 e. The third kappa shape index (κ3) is 2.11. The minimum absolute atomic E-state index is 0.442. The Bertz CT molecular complexity index is 728. The summed E-state index contributed by atoms with van der Waals surface area (Å²) in [7, 11) is 1.76. The zero-order valence-corrected chi connectivity index (χ0v) is 11.4. The van der Waals surface area contributed by atoms with E-state index in [4.69, 9.17) is 0 Å². The van der Waals surface area contributed by atoms with Crippen molar-refractivity contribution in [3.8, 4) is 11.9 Å². The first kappa shape index (κ1) is 12.3. The van der Waals surface area contributed by atoms with Gasteiger partial charge in [0.05, 0.1) is 5.69 Å². The van der Waals surface area contributed by atoms with Crippen LogP contribution >= 0.6 is 0 Å². The van der Waals surface area contributed by atoms with E-state index in [-0.39, 0.29) is 0 Å². The number of anilines is 1. The van der Waals surface area contributed by atoms with E-state index in [1.165, 1.54) is 0 Å². The molecule has 0 atom stereocenters. The van der Waals surface area contributed by atoms with Gasteiger partial charge in [0.15, 0.2) is 0 Å². The number of aryl methyl sites for hydroxylation is 2. The second-order valence-corrected chi connectivity index (χ2v) is 4.30. The summed E-state index contributed by atoms with van der Waals surface area (Å²) in [5, 5.41) is 11.4. The lowest BCUT2D eigenvalue weighted by Crippen LogP contribution is -2.13. The molecule has 0 aliphatic heterocycles. The molecule has 3 aromatic rings. The van der Waals surface area contributed by atoms with Gasteiger partial charge in [0.1, 0.15) is 0 Å². The van der Waals surface area contributed by atoms with Gasteiger partial charge in [-0.15, -0.1) is 0 Å². The summed E-state index contributed by atoms with van der Waals surface area (Å²) in [5.74, 6) is 1.37. The number of nitrogens with zero attached hydrogens (tertiary/aromatic N) is 7. The second kappa shape index (κ2) is 4.72. The van der Waals surface area contributed by atoms with Crippen LogP contribution in [0.2, 0.25) is 0 Å². The Morgan fingerprint density at radius 2 is 1.90 bits per heavy atom. The molecule has 1 N–H and O–H groups in total. The van der Waals surface area contributed by atoms with E-state index >= 15 is 0 Å². The Kier molecular flexibility index (Phi) is 2.90. The SMILES string of the molecule is CNc1nc(-n2cccn2)nc(-n2nc(C)cc2C)n1. The van der Waals surface area contributed by atoms with Crippen LogP contribution in [-0.4, -0.2) is 41.6 Å². The molecule has 0 bridgehead atoms. The first-order valence-electron chi connectivity index (χ1n) is 6.15. The van der Waals surface area contributed by atoms with Crippen molar-refractivity contribution in [2.75, 3.05) is 12.4 Å². The van der Waals surface area contributed by atoms with Crippen molar-refractivity contribution >= 4 is 5.95 Å². The molecule has 8 nitrogen and oxygen atoms in total. The summed E-state index contributed by atoms with van der Waals surface area (Å²) in [5.41, 5.74) is 1.87. The van der Waals surface area contributed by atoms with Gasteiger partial charge in [-0.05, 0) is 26.0 Å². The van der Waals surface area contributed by atoms with Gasteiger partial charge in [-0.1, -0.05) is 0 Å². The maximum absolute atomic E-state index is 4.41. The molecule has 0 fully saturated rings. The van der Waals surface area contributed by atoms with Crippen LogP contribution in [0.15, 0.2) is 24.5 Å². The van der Waals surface area contributed by atoms with Crippen molar-refractivity contribution in [3.63, 3.8) is 0 Å². The Morgan fingerprint density at radius 3 is 2.50 bits per heavy atom. The number of aromatic nitrogens is 7. The fourth-order valence-electron chi connectivity index (χ4n) is 1.88. The lowest BCUT2D eigenvalue weighted by atomic mass is 10.4. The molecular formula is C12H14N8. The van der Waals surface area contributed by atoms with Crippen molar-refractivity contribution in [3.05, 3.63) is 35.9 Å². The molecule has 3 rings (SSSR count). The van der Waals surface area contributed by atoms with Crippen molar-refractivity contribution in [2.45, 2.75) is 13.8 Å². The van der Waals surface area contributed by atoms with E-state index in [0.29, 0.717) is 17.8 Å². The fraction of sp³-hybridized carbons (Fsp3) is 0.250. The maximum Gasteiger partial charge on any atom is 0.257 e. The van der Waals surface area contributed by atoms with Crippen molar-refractivity contribution < 1.29 is 0 Å².